The zero-order valence-corrected chi connectivity index (χ0v) is 22.6. The van der Waals surface area contributed by atoms with E-state index in [0.717, 1.165) is 24.9 Å². The molecule has 2 unspecified atom stereocenters. The van der Waals surface area contributed by atoms with Crippen molar-refractivity contribution in [1.29, 1.82) is 0 Å². The van der Waals surface area contributed by atoms with Crippen molar-refractivity contribution in [2.24, 2.45) is 0 Å². The van der Waals surface area contributed by atoms with E-state index in [9.17, 15) is 22.8 Å². The number of aromatic nitrogens is 1. The van der Waals surface area contributed by atoms with Crippen molar-refractivity contribution in [2.45, 2.75) is 48.5 Å². The van der Waals surface area contributed by atoms with E-state index in [1.807, 2.05) is 0 Å². The van der Waals surface area contributed by atoms with Gasteiger partial charge in [0.05, 0.1) is 17.4 Å². The SMILES string of the molecule is Cc1cc(Oc2ccccc2OC(F)(F)F)ccc1N1C(=O)NC2c3c1ccnc3S[C@H]2C(=O)NC1CCCNC1. The Kier molecular flexibility index (Phi) is 7.16. The third-order valence-electron chi connectivity index (χ3n) is 7.12. The molecule has 214 valence electrons. The fourth-order valence-electron chi connectivity index (χ4n) is 5.34. The van der Waals surface area contributed by atoms with E-state index in [0.29, 0.717) is 28.5 Å². The molecule has 0 radical (unpaired) electrons. The molecule has 3 aliphatic heterocycles. The molecule has 3 amide bonds. The highest BCUT2D eigenvalue weighted by Crippen LogP contribution is 2.51. The summed E-state index contributed by atoms with van der Waals surface area (Å²) >= 11 is 1.34. The highest BCUT2D eigenvalue weighted by atomic mass is 32.2. The quantitative estimate of drug-likeness (QED) is 0.360. The van der Waals surface area contributed by atoms with Gasteiger partial charge in [0, 0.05) is 24.3 Å². The second-order valence-electron chi connectivity index (χ2n) is 9.95. The van der Waals surface area contributed by atoms with Crippen molar-refractivity contribution < 1.29 is 32.2 Å². The number of nitrogens with one attached hydrogen (secondary N) is 3. The molecule has 0 spiro atoms. The first kappa shape index (κ1) is 27.2. The number of halogens is 3. The summed E-state index contributed by atoms with van der Waals surface area (Å²) in [6.07, 6.45) is -1.37. The van der Waals surface area contributed by atoms with Crippen LogP contribution in [-0.2, 0) is 4.79 Å². The van der Waals surface area contributed by atoms with Gasteiger partial charge in [0.15, 0.2) is 11.5 Å². The monoisotopic (exact) mass is 585 g/mol. The molecular formula is C28H26F3N5O4S. The maximum atomic E-state index is 13.5. The second-order valence-corrected chi connectivity index (χ2v) is 11.1. The zero-order chi connectivity index (χ0) is 28.7. The van der Waals surface area contributed by atoms with Gasteiger partial charge < -0.3 is 25.4 Å². The number of para-hydroxylation sites is 2. The molecular weight excluding hydrogens is 559 g/mol. The van der Waals surface area contributed by atoms with Crippen LogP contribution in [0.1, 0.15) is 30.0 Å². The third-order valence-corrected chi connectivity index (χ3v) is 8.41. The number of anilines is 2. The first-order valence-corrected chi connectivity index (χ1v) is 14.0. The Bertz CT molecular complexity index is 1500. The van der Waals surface area contributed by atoms with E-state index in [4.69, 9.17) is 4.74 Å². The van der Waals surface area contributed by atoms with Crippen molar-refractivity contribution in [3.05, 3.63) is 65.9 Å². The van der Waals surface area contributed by atoms with Gasteiger partial charge in [-0.2, -0.15) is 0 Å². The predicted octanol–water partition coefficient (Wildman–Crippen LogP) is 5.33. The van der Waals surface area contributed by atoms with E-state index in [2.05, 4.69) is 25.7 Å². The summed E-state index contributed by atoms with van der Waals surface area (Å²) in [4.78, 5) is 32.8. The number of nitrogens with zero attached hydrogens (tertiary/aromatic N) is 2. The number of urea groups is 1. The van der Waals surface area contributed by atoms with E-state index in [1.165, 1.54) is 40.9 Å². The van der Waals surface area contributed by atoms with E-state index >= 15 is 0 Å². The van der Waals surface area contributed by atoms with Crippen LogP contribution in [0.4, 0.5) is 29.3 Å². The molecule has 9 nitrogen and oxygen atoms in total. The zero-order valence-electron chi connectivity index (χ0n) is 21.8. The van der Waals surface area contributed by atoms with Gasteiger partial charge in [-0.1, -0.05) is 23.9 Å². The minimum atomic E-state index is -4.87. The van der Waals surface area contributed by atoms with Crippen molar-refractivity contribution in [2.75, 3.05) is 18.0 Å². The van der Waals surface area contributed by atoms with Crippen molar-refractivity contribution >= 4 is 35.1 Å². The smallest absolute Gasteiger partial charge is 0.453 e. The molecule has 0 saturated carbocycles. The number of alkyl halides is 3. The van der Waals surface area contributed by atoms with Crippen LogP contribution in [0.3, 0.4) is 0 Å². The molecule has 13 heteroatoms. The fraction of sp³-hybridized carbons (Fsp3) is 0.321. The van der Waals surface area contributed by atoms with Gasteiger partial charge in [-0.3, -0.25) is 9.69 Å². The van der Waals surface area contributed by atoms with Gasteiger partial charge in [0.25, 0.3) is 0 Å². The van der Waals surface area contributed by atoms with Gasteiger partial charge in [-0.25, -0.2) is 9.78 Å². The number of piperidine rings is 1. The van der Waals surface area contributed by atoms with Gasteiger partial charge in [-0.05, 0) is 68.3 Å². The average Bonchev–Trinajstić information content (AvgIpc) is 3.30. The highest BCUT2D eigenvalue weighted by Gasteiger charge is 2.47. The lowest BCUT2D eigenvalue weighted by molar-refractivity contribution is -0.275. The van der Waals surface area contributed by atoms with E-state index in [-0.39, 0.29) is 23.4 Å². The molecule has 6 rings (SSSR count). The van der Waals surface area contributed by atoms with Gasteiger partial charge in [0.1, 0.15) is 16.0 Å². The molecule has 2 aromatic carbocycles. The summed E-state index contributed by atoms with van der Waals surface area (Å²) in [6.45, 7) is 3.42. The summed E-state index contributed by atoms with van der Waals surface area (Å²) in [5, 5.41) is 9.52. The number of amides is 3. The topological polar surface area (TPSA) is 105 Å². The number of carbonyl (C=O) groups is 2. The van der Waals surface area contributed by atoms with Crippen LogP contribution in [0.2, 0.25) is 0 Å². The lowest BCUT2D eigenvalue weighted by Crippen LogP contribution is -2.52. The Balaban J connectivity index is 1.25. The molecule has 3 aromatic rings. The number of rotatable bonds is 6. The summed E-state index contributed by atoms with van der Waals surface area (Å²) in [7, 11) is 0. The summed E-state index contributed by atoms with van der Waals surface area (Å²) in [6, 6.07) is 11.2. The first-order valence-electron chi connectivity index (χ1n) is 13.1. The fourth-order valence-corrected chi connectivity index (χ4v) is 6.57. The molecule has 1 fully saturated rings. The van der Waals surface area contributed by atoms with E-state index in [1.54, 1.807) is 37.4 Å². The molecule has 0 bridgehead atoms. The van der Waals surface area contributed by atoms with Crippen molar-refractivity contribution in [3.63, 3.8) is 0 Å². The molecule has 3 atom stereocenters. The van der Waals surface area contributed by atoms with Gasteiger partial charge >= 0.3 is 12.4 Å². The number of thioether (sulfide) groups is 1. The highest BCUT2D eigenvalue weighted by molar-refractivity contribution is 8.01. The lowest BCUT2D eigenvalue weighted by Gasteiger charge is -2.35. The molecule has 3 N–H and O–H groups in total. The Hall–Kier alpha value is -3.97. The minimum absolute atomic E-state index is 0.0409. The molecule has 41 heavy (non-hydrogen) atoms. The van der Waals surface area contributed by atoms with E-state index < -0.39 is 29.4 Å². The number of carbonyl (C=O) groups excluding carboxylic acids is 2. The van der Waals surface area contributed by atoms with Crippen molar-refractivity contribution in [1.82, 2.24) is 20.9 Å². The summed E-state index contributed by atoms with van der Waals surface area (Å²) in [5.41, 5.74) is 2.58. The minimum Gasteiger partial charge on any atom is -0.453 e. The Morgan fingerprint density at radius 2 is 1.95 bits per heavy atom. The van der Waals surface area contributed by atoms with Crippen LogP contribution in [0.15, 0.2) is 59.8 Å². The number of benzene rings is 2. The van der Waals surface area contributed by atoms with Crippen LogP contribution in [0, 0.1) is 6.92 Å². The van der Waals surface area contributed by atoms with Crippen LogP contribution >= 0.6 is 11.8 Å². The summed E-state index contributed by atoms with van der Waals surface area (Å²) < 4.78 is 48.3. The number of hydrogen-bond donors (Lipinski definition) is 3. The maximum Gasteiger partial charge on any atom is 0.573 e. The van der Waals surface area contributed by atoms with Gasteiger partial charge in [-0.15, -0.1) is 13.2 Å². The Labute approximate surface area is 237 Å². The maximum absolute atomic E-state index is 13.5. The lowest BCUT2D eigenvalue weighted by atomic mass is 9.99. The molecule has 1 saturated heterocycles. The van der Waals surface area contributed by atoms with Crippen LogP contribution in [0.5, 0.6) is 17.2 Å². The molecule has 0 aliphatic carbocycles. The Morgan fingerprint density at radius 1 is 1.15 bits per heavy atom. The van der Waals surface area contributed by atoms with Gasteiger partial charge in [0.2, 0.25) is 5.91 Å². The van der Waals surface area contributed by atoms with Crippen molar-refractivity contribution in [3.8, 4) is 17.2 Å². The van der Waals surface area contributed by atoms with Crippen LogP contribution in [0.25, 0.3) is 0 Å². The number of pyridine rings is 1. The first-order chi connectivity index (χ1) is 19.7. The standard InChI is InChI=1S/C28H26F3N5O4S/c1-15-13-17(39-20-6-2-3-7-21(20)40-28(29,30)31)8-9-18(15)36-19-10-12-33-26-22(19)23(35-27(36)38)24(41-26)25(37)34-16-5-4-11-32-14-16/h2-3,6-10,12-13,16,23-24,32H,4-5,11,14H2,1H3,(H,34,37)(H,35,38)/t16?,23?,24-/m1/s1. The normalized spacial score (nSPS) is 21.6. The third kappa shape index (κ3) is 5.51. The molecule has 1 aromatic heterocycles. The molecule has 3 aliphatic rings. The number of hydrogen-bond acceptors (Lipinski definition) is 7. The van der Waals surface area contributed by atoms with Crippen LogP contribution in [-0.4, -0.2) is 47.7 Å². The largest absolute Gasteiger partial charge is 0.573 e. The molecule has 4 heterocycles. The average molecular weight is 586 g/mol. The Morgan fingerprint density at radius 3 is 2.68 bits per heavy atom. The number of aryl methyl sites for hydroxylation is 1. The number of ether oxygens (including phenoxy) is 2. The van der Waals surface area contributed by atoms with Crippen LogP contribution < -0.4 is 30.3 Å². The second kappa shape index (κ2) is 10.8. The predicted molar refractivity (Wildman–Crippen MR) is 146 cm³/mol. The summed E-state index contributed by atoms with van der Waals surface area (Å²) in [5.74, 6) is -0.442.